The number of aliphatic carboxylic acids is 1. The molecule has 0 bridgehead atoms. The van der Waals surface area contributed by atoms with E-state index in [9.17, 15) is 19.5 Å². The van der Waals surface area contributed by atoms with Crippen molar-refractivity contribution in [2.24, 2.45) is 0 Å². The highest BCUT2D eigenvalue weighted by Gasteiger charge is 2.22. The molecule has 0 saturated heterocycles. The number of esters is 2. The first-order chi connectivity index (χ1) is 43.6. The molecule has 0 fully saturated rings. The summed E-state index contributed by atoms with van der Waals surface area (Å²) >= 11 is 0. The zero-order chi connectivity index (χ0) is 64.7. The van der Waals surface area contributed by atoms with Crippen molar-refractivity contribution in [3.63, 3.8) is 0 Å². The Kier molecular flexibility index (Phi) is 69.4. The number of hydrogen-bond acceptors (Lipinski definition) is 8. The molecule has 2 unspecified atom stereocenters. The summed E-state index contributed by atoms with van der Waals surface area (Å²) in [6, 6.07) is 0. The van der Waals surface area contributed by atoms with Gasteiger partial charge < -0.3 is 33.3 Å². The number of carbonyl (C=O) groups is 3. The van der Waals surface area contributed by atoms with Crippen LogP contribution in [0.5, 0.6) is 0 Å². The van der Waals surface area contributed by atoms with E-state index in [1.165, 1.54) is 308 Å². The van der Waals surface area contributed by atoms with Gasteiger partial charge >= 0.3 is 11.9 Å². The van der Waals surface area contributed by atoms with Crippen molar-refractivity contribution in [3.8, 4) is 0 Å². The third-order valence-corrected chi connectivity index (χ3v) is 17.9. The summed E-state index contributed by atoms with van der Waals surface area (Å²) in [6.45, 7) is 4.79. The van der Waals surface area contributed by atoms with E-state index in [0.29, 0.717) is 23.9 Å². The molecule has 0 amide bonds. The molecule has 524 valence electrons. The van der Waals surface area contributed by atoms with Crippen LogP contribution >= 0.6 is 0 Å². The van der Waals surface area contributed by atoms with Crippen LogP contribution in [0.1, 0.15) is 399 Å². The SMILES string of the molecule is CCCCCCC/C=C\C/C=C\C/C=C\CCCCCCCCCCC(=O)OC(COC(=O)CCCCCCCCCCCCCCCCCCCCCCCCCCCCCCCCCCCCCCCCCCC)COC(OCC[N+](C)(C)C)C(=O)[O-]. The Morgan fingerprint density at radius 2 is 0.607 bits per heavy atom. The first-order valence-corrected chi connectivity index (χ1v) is 39.1. The lowest BCUT2D eigenvalue weighted by atomic mass is 10.0. The van der Waals surface area contributed by atoms with Crippen LogP contribution in [0, 0.1) is 0 Å². The third kappa shape index (κ3) is 72.8. The van der Waals surface area contributed by atoms with Crippen molar-refractivity contribution in [1.29, 1.82) is 0 Å². The van der Waals surface area contributed by atoms with Crippen LogP contribution in [0.4, 0.5) is 0 Å². The number of unbranched alkanes of at least 4 members (excludes halogenated alkanes) is 53. The highest BCUT2D eigenvalue weighted by Crippen LogP contribution is 2.20. The minimum Gasteiger partial charge on any atom is -0.545 e. The molecule has 2 atom stereocenters. The summed E-state index contributed by atoms with van der Waals surface area (Å²) in [5.41, 5.74) is 0. The molecule has 0 aliphatic carbocycles. The molecular formula is C80H151NO8. The average Bonchev–Trinajstić information content (AvgIpc) is 3.64. The smallest absolute Gasteiger partial charge is 0.306 e. The molecule has 0 rings (SSSR count). The van der Waals surface area contributed by atoms with E-state index in [4.69, 9.17) is 18.9 Å². The molecule has 0 aromatic rings. The van der Waals surface area contributed by atoms with Crippen LogP contribution in [0.3, 0.4) is 0 Å². The monoisotopic (exact) mass is 1250 g/mol. The lowest BCUT2D eigenvalue weighted by molar-refractivity contribution is -0.870. The molecule has 0 radical (unpaired) electrons. The van der Waals surface area contributed by atoms with Crippen LogP contribution in [-0.4, -0.2) is 82.3 Å². The summed E-state index contributed by atoms with van der Waals surface area (Å²) < 4.78 is 22.8. The Morgan fingerprint density at radius 1 is 0.337 bits per heavy atom. The lowest BCUT2D eigenvalue weighted by Gasteiger charge is -2.26. The maximum absolute atomic E-state index is 12.9. The van der Waals surface area contributed by atoms with E-state index in [1.807, 2.05) is 21.1 Å². The second-order valence-electron chi connectivity index (χ2n) is 28.0. The van der Waals surface area contributed by atoms with Crippen molar-refractivity contribution in [1.82, 2.24) is 0 Å². The van der Waals surface area contributed by atoms with Gasteiger partial charge in [0.1, 0.15) is 13.2 Å². The summed E-state index contributed by atoms with van der Waals surface area (Å²) in [6.07, 6.45) is 88.5. The Balaban J connectivity index is 3.92. The Hall–Kier alpha value is -2.49. The van der Waals surface area contributed by atoms with Gasteiger partial charge in [0.05, 0.1) is 40.3 Å². The number of hydrogen-bond donors (Lipinski definition) is 0. The first kappa shape index (κ1) is 86.5. The highest BCUT2D eigenvalue weighted by atomic mass is 16.7. The predicted molar refractivity (Wildman–Crippen MR) is 380 cm³/mol. The molecule has 0 aliphatic rings. The molecule has 0 aromatic heterocycles. The molecule has 89 heavy (non-hydrogen) atoms. The lowest BCUT2D eigenvalue weighted by Crippen LogP contribution is -2.44. The van der Waals surface area contributed by atoms with Crippen LogP contribution < -0.4 is 5.11 Å². The minimum atomic E-state index is -1.62. The predicted octanol–water partition coefficient (Wildman–Crippen LogP) is 23.4. The van der Waals surface area contributed by atoms with Crippen LogP contribution in [0.2, 0.25) is 0 Å². The number of allylic oxidation sites excluding steroid dienone is 6. The normalized spacial score (nSPS) is 12.8. The van der Waals surface area contributed by atoms with Gasteiger partial charge in [0.15, 0.2) is 12.4 Å². The number of carboxylic acid groups (broad SMARTS) is 1. The minimum absolute atomic E-state index is 0.148. The number of quaternary nitrogens is 1. The van der Waals surface area contributed by atoms with E-state index < -0.39 is 24.3 Å². The van der Waals surface area contributed by atoms with Gasteiger partial charge in [-0.3, -0.25) is 9.59 Å². The number of likely N-dealkylation sites (N-methyl/N-ethyl adjacent to an activating group) is 1. The van der Waals surface area contributed by atoms with Gasteiger partial charge in [-0.2, -0.15) is 0 Å². The van der Waals surface area contributed by atoms with E-state index in [2.05, 4.69) is 50.3 Å². The molecular weight excluding hydrogens is 1100 g/mol. The van der Waals surface area contributed by atoms with E-state index >= 15 is 0 Å². The molecule has 9 nitrogen and oxygen atoms in total. The topological polar surface area (TPSA) is 111 Å². The van der Waals surface area contributed by atoms with Crippen molar-refractivity contribution in [2.45, 2.75) is 411 Å². The van der Waals surface area contributed by atoms with Crippen LogP contribution in [-0.2, 0) is 33.3 Å². The van der Waals surface area contributed by atoms with Gasteiger partial charge in [-0.25, -0.2) is 0 Å². The second kappa shape index (κ2) is 71.4. The molecule has 0 heterocycles. The van der Waals surface area contributed by atoms with Crippen LogP contribution in [0.15, 0.2) is 36.5 Å². The van der Waals surface area contributed by atoms with Gasteiger partial charge in [0, 0.05) is 12.8 Å². The first-order valence-electron chi connectivity index (χ1n) is 39.1. The van der Waals surface area contributed by atoms with Gasteiger partial charge in [-0.1, -0.05) is 371 Å². The number of nitrogens with zero attached hydrogens (tertiary/aromatic N) is 1. The largest absolute Gasteiger partial charge is 0.545 e. The third-order valence-electron chi connectivity index (χ3n) is 17.9. The average molecular weight is 1260 g/mol. The number of ether oxygens (including phenoxy) is 4. The van der Waals surface area contributed by atoms with Crippen molar-refractivity contribution < 1.29 is 42.9 Å². The van der Waals surface area contributed by atoms with Gasteiger partial charge in [0.25, 0.3) is 0 Å². The maximum Gasteiger partial charge on any atom is 0.306 e. The van der Waals surface area contributed by atoms with E-state index in [-0.39, 0.29) is 32.2 Å². The van der Waals surface area contributed by atoms with Crippen molar-refractivity contribution in [2.75, 3.05) is 47.5 Å². The van der Waals surface area contributed by atoms with Gasteiger partial charge in [-0.05, 0) is 51.4 Å². The Labute approximate surface area is 553 Å². The Bertz CT molecular complexity index is 1550. The zero-order valence-electron chi connectivity index (χ0n) is 60.1. The molecule has 0 aromatic carbocycles. The zero-order valence-corrected chi connectivity index (χ0v) is 60.1. The molecule has 0 aliphatic heterocycles. The molecule has 9 heteroatoms. The summed E-state index contributed by atoms with van der Waals surface area (Å²) in [5.74, 6) is -2.27. The van der Waals surface area contributed by atoms with Crippen molar-refractivity contribution >= 4 is 17.9 Å². The fourth-order valence-corrected chi connectivity index (χ4v) is 11.9. The molecule has 0 spiro atoms. The van der Waals surface area contributed by atoms with Gasteiger partial charge in [0.2, 0.25) is 0 Å². The fraction of sp³-hybridized carbons (Fsp3) is 0.887. The Morgan fingerprint density at radius 3 is 0.899 bits per heavy atom. The quantitative estimate of drug-likeness (QED) is 0.0195. The van der Waals surface area contributed by atoms with E-state index in [0.717, 1.165) is 57.8 Å². The maximum atomic E-state index is 12.9. The number of rotatable bonds is 74. The molecule has 0 saturated carbocycles. The summed E-state index contributed by atoms with van der Waals surface area (Å²) in [7, 11) is 5.94. The second-order valence-corrected chi connectivity index (χ2v) is 28.0. The fourth-order valence-electron chi connectivity index (χ4n) is 11.9. The van der Waals surface area contributed by atoms with Gasteiger partial charge in [-0.15, -0.1) is 0 Å². The molecule has 0 N–H and O–H groups in total. The number of carbonyl (C=O) groups excluding carboxylic acids is 3. The number of carboxylic acids is 1. The summed E-state index contributed by atoms with van der Waals surface area (Å²) in [4.78, 5) is 37.5. The van der Waals surface area contributed by atoms with Crippen LogP contribution in [0.25, 0.3) is 0 Å². The standard InChI is InChI=1S/C80H151NO8/c1-6-8-10-12-14-16-18-20-22-24-26-28-30-31-32-33-34-35-36-37-38-39-40-41-42-43-44-45-46-47-49-50-52-54-56-58-60-62-64-66-68-70-77(82)87-74-76(75-88-80(79(84)85)86-73-72-81(3,4)5)89-78(83)71-69-67-65-63-61-59-57-55-53-51-48-29-27-25-23-21-19-17-15-13-11-9-7-2/h19,21,25,27,48,51,76,80H,6-18,20,22-24,26,28-47,49-50,52-75H2,1-5H3/b21-19-,27-25-,51-48-. The summed E-state index contributed by atoms with van der Waals surface area (Å²) in [5, 5.41) is 11.8. The van der Waals surface area contributed by atoms with Crippen molar-refractivity contribution in [3.05, 3.63) is 36.5 Å². The highest BCUT2D eigenvalue weighted by molar-refractivity contribution is 5.70. The van der Waals surface area contributed by atoms with E-state index in [1.54, 1.807) is 0 Å².